The molecule has 0 spiro atoms. The molecule has 16 heavy (non-hydrogen) atoms. The van der Waals surface area contributed by atoms with Crippen molar-refractivity contribution in [2.45, 2.75) is 66.5 Å². The van der Waals surface area contributed by atoms with Gasteiger partial charge in [-0.2, -0.15) is 0 Å². The predicted octanol–water partition coefficient (Wildman–Crippen LogP) is 3.13. The van der Waals surface area contributed by atoms with Gasteiger partial charge in [-0.1, -0.05) is 48.0 Å². The molecular formula is C14H32N2. The van der Waals surface area contributed by atoms with E-state index in [0.29, 0.717) is 11.0 Å². The summed E-state index contributed by atoms with van der Waals surface area (Å²) >= 11 is 0. The Morgan fingerprint density at radius 3 is 1.88 bits per heavy atom. The molecular weight excluding hydrogens is 196 g/mol. The highest BCUT2D eigenvalue weighted by Crippen LogP contribution is 2.40. The van der Waals surface area contributed by atoms with E-state index in [0.717, 1.165) is 6.04 Å². The molecule has 98 valence electrons. The zero-order valence-electron chi connectivity index (χ0n) is 12.6. The lowest BCUT2D eigenvalue weighted by Crippen LogP contribution is -2.25. The zero-order chi connectivity index (χ0) is 13.0. The minimum Gasteiger partial charge on any atom is -0.313 e. The smallest absolute Gasteiger partial charge is 0.0474 e. The molecule has 3 unspecified atom stereocenters. The van der Waals surface area contributed by atoms with E-state index in [-0.39, 0.29) is 0 Å². The monoisotopic (exact) mass is 228 g/mol. The van der Waals surface area contributed by atoms with Crippen molar-refractivity contribution in [3.8, 4) is 0 Å². The van der Waals surface area contributed by atoms with Gasteiger partial charge in [0.25, 0.3) is 0 Å². The number of nitrogens with zero attached hydrogens (tertiary/aromatic N) is 1. The summed E-state index contributed by atoms with van der Waals surface area (Å²) in [5.41, 5.74) is 1.08. The molecule has 0 aromatic rings. The zero-order valence-corrected chi connectivity index (χ0v) is 12.6. The summed E-state index contributed by atoms with van der Waals surface area (Å²) in [5.74, 6) is 0. The number of likely N-dealkylation sites (N-methyl/N-ethyl adjacent to an activating group) is 1. The molecule has 0 aliphatic carbocycles. The molecule has 2 heterocycles. The Kier molecular flexibility index (Phi) is 5.99. The van der Waals surface area contributed by atoms with Crippen LogP contribution in [0.1, 0.15) is 54.9 Å². The second kappa shape index (κ2) is 6.02. The third-order valence-electron chi connectivity index (χ3n) is 3.80. The van der Waals surface area contributed by atoms with Crippen molar-refractivity contribution in [1.82, 2.24) is 10.2 Å². The Balaban J connectivity index is 0.000000254. The molecule has 2 fully saturated rings. The molecule has 1 N–H and O–H groups in total. The molecule has 0 aromatic carbocycles. The van der Waals surface area contributed by atoms with Crippen LogP contribution in [0, 0.1) is 5.41 Å². The normalized spacial score (nSPS) is 35.2. The molecule has 2 rings (SSSR count). The average Bonchev–Trinajstić information content (AvgIpc) is 2.62. The molecule has 0 saturated carbocycles. The van der Waals surface area contributed by atoms with E-state index in [2.05, 4.69) is 51.9 Å². The van der Waals surface area contributed by atoms with E-state index >= 15 is 0 Å². The highest BCUT2D eigenvalue weighted by molar-refractivity contribution is 5.18. The molecule has 2 heteroatoms. The van der Waals surface area contributed by atoms with E-state index in [1.165, 1.54) is 19.5 Å². The third kappa shape index (κ3) is 4.06. The van der Waals surface area contributed by atoms with E-state index in [1.54, 1.807) is 0 Å². The summed E-state index contributed by atoms with van der Waals surface area (Å²) in [6.45, 7) is 17.6. The fraction of sp³-hybridized carbons (Fsp3) is 1.00. The second-order valence-electron chi connectivity index (χ2n) is 6.03. The molecule has 0 amide bonds. The van der Waals surface area contributed by atoms with Crippen molar-refractivity contribution in [3.63, 3.8) is 0 Å². The van der Waals surface area contributed by atoms with Crippen LogP contribution in [0.4, 0.5) is 0 Å². The fourth-order valence-corrected chi connectivity index (χ4v) is 1.75. The van der Waals surface area contributed by atoms with Crippen LogP contribution >= 0.6 is 0 Å². The first-order valence-corrected chi connectivity index (χ1v) is 6.75. The maximum Gasteiger partial charge on any atom is 0.0474 e. The highest BCUT2D eigenvalue weighted by atomic mass is 15.4. The van der Waals surface area contributed by atoms with Crippen LogP contribution in [0.25, 0.3) is 0 Å². The van der Waals surface area contributed by atoms with Gasteiger partial charge in [0.2, 0.25) is 0 Å². The third-order valence-corrected chi connectivity index (χ3v) is 3.80. The summed E-state index contributed by atoms with van der Waals surface area (Å²) in [4.78, 5) is 2.43. The summed E-state index contributed by atoms with van der Waals surface area (Å²) in [6, 6.07) is 0.850. The van der Waals surface area contributed by atoms with Crippen LogP contribution in [0.2, 0.25) is 0 Å². The predicted molar refractivity (Wildman–Crippen MR) is 73.9 cm³/mol. The Labute approximate surface area is 103 Å². The number of hydrogen-bond acceptors (Lipinski definition) is 2. The molecule has 0 aromatic heterocycles. The van der Waals surface area contributed by atoms with Gasteiger partial charge in [-0.25, -0.2) is 0 Å². The Bertz CT molecular complexity index is 195. The molecule has 2 saturated heterocycles. The highest BCUT2D eigenvalue weighted by Gasteiger charge is 2.59. The largest absolute Gasteiger partial charge is 0.313 e. The van der Waals surface area contributed by atoms with E-state index in [4.69, 9.17) is 0 Å². The lowest BCUT2D eigenvalue weighted by atomic mass is 9.94. The summed E-state index contributed by atoms with van der Waals surface area (Å²) in [6.07, 6.45) is 1.27. The maximum absolute atomic E-state index is 3.35. The maximum atomic E-state index is 3.35. The van der Waals surface area contributed by atoms with Gasteiger partial charge in [-0.3, -0.25) is 4.90 Å². The topological polar surface area (TPSA) is 15.0 Å². The average molecular weight is 228 g/mol. The van der Waals surface area contributed by atoms with Crippen LogP contribution in [-0.4, -0.2) is 36.6 Å². The van der Waals surface area contributed by atoms with Crippen LogP contribution in [-0.2, 0) is 0 Å². The van der Waals surface area contributed by atoms with Crippen molar-refractivity contribution < 1.29 is 0 Å². The van der Waals surface area contributed by atoms with Crippen LogP contribution in [0.5, 0.6) is 0 Å². The summed E-state index contributed by atoms with van der Waals surface area (Å²) < 4.78 is 0. The van der Waals surface area contributed by atoms with Gasteiger partial charge in [0.15, 0.2) is 0 Å². The molecule has 0 radical (unpaired) electrons. The molecule has 2 aliphatic rings. The SMILES string of the molecule is CC.CCC(C)(C)C.CN1C2CNCC21C. The molecule has 3 atom stereocenters. The lowest BCUT2D eigenvalue weighted by Gasteiger charge is -2.12. The first-order chi connectivity index (χ1) is 7.31. The first kappa shape index (κ1) is 15.9. The lowest BCUT2D eigenvalue weighted by molar-refractivity contribution is 0.398. The number of piperazine rings is 1. The van der Waals surface area contributed by atoms with E-state index < -0.39 is 0 Å². The number of rotatable bonds is 0. The Morgan fingerprint density at radius 1 is 1.31 bits per heavy atom. The van der Waals surface area contributed by atoms with Gasteiger partial charge in [0.05, 0.1) is 0 Å². The second-order valence-corrected chi connectivity index (χ2v) is 6.03. The summed E-state index contributed by atoms with van der Waals surface area (Å²) in [5, 5.41) is 3.35. The molecule has 2 nitrogen and oxygen atoms in total. The number of fused-ring (bicyclic) bond motifs is 1. The van der Waals surface area contributed by atoms with E-state index in [9.17, 15) is 0 Å². The van der Waals surface area contributed by atoms with Gasteiger partial charge < -0.3 is 5.32 Å². The fourth-order valence-electron chi connectivity index (χ4n) is 1.75. The van der Waals surface area contributed by atoms with Crippen molar-refractivity contribution in [3.05, 3.63) is 0 Å². The Hall–Kier alpha value is -0.0800. The standard InChI is InChI=1S/C6H12N2.C6H14.C2H6/c1-6-4-7-3-5(6)8(6)2;1-5-6(2,3)4;1-2/h5,7H,3-4H2,1-2H3;5H2,1-4H3;1-2H3. The van der Waals surface area contributed by atoms with Crippen molar-refractivity contribution in [1.29, 1.82) is 0 Å². The van der Waals surface area contributed by atoms with Gasteiger partial charge in [0, 0.05) is 24.7 Å². The minimum atomic E-state index is 0.542. The van der Waals surface area contributed by atoms with Crippen LogP contribution < -0.4 is 5.32 Å². The molecule has 2 aliphatic heterocycles. The van der Waals surface area contributed by atoms with Crippen molar-refractivity contribution in [2.75, 3.05) is 20.1 Å². The minimum absolute atomic E-state index is 0.542. The van der Waals surface area contributed by atoms with Gasteiger partial charge in [0.1, 0.15) is 0 Å². The van der Waals surface area contributed by atoms with Crippen LogP contribution in [0.15, 0.2) is 0 Å². The number of hydrogen-bond donors (Lipinski definition) is 1. The Morgan fingerprint density at radius 2 is 1.75 bits per heavy atom. The van der Waals surface area contributed by atoms with E-state index in [1.807, 2.05) is 13.8 Å². The summed E-state index contributed by atoms with van der Waals surface area (Å²) in [7, 11) is 2.20. The first-order valence-electron chi connectivity index (χ1n) is 6.75. The van der Waals surface area contributed by atoms with Crippen molar-refractivity contribution in [2.24, 2.45) is 5.41 Å². The molecule has 0 bridgehead atoms. The van der Waals surface area contributed by atoms with Gasteiger partial charge in [-0.05, 0) is 19.4 Å². The van der Waals surface area contributed by atoms with Gasteiger partial charge in [-0.15, -0.1) is 0 Å². The number of nitrogens with one attached hydrogen (secondary N) is 1. The van der Waals surface area contributed by atoms with Gasteiger partial charge >= 0.3 is 0 Å². The van der Waals surface area contributed by atoms with Crippen LogP contribution in [0.3, 0.4) is 0 Å². The van der Waals surface area contributed by atoms with Crippen molar-refractivity contribution >= 4 is 0 Å². The quantitative estimate of drug-likeness (QED) is 0.641.